The van der Waals surface area contributed by atoms with E-state index in [1.165, 1.54) is 12.8 Å². The van der Waals surface area contributed by atoms with Crippen molar-refractivity contribution in [2.45, 2.75) is 40.5 Å². The van der Waals surface area contributed by atoms with E-state index in [4.69, 9.17) is 12.2 Å². The van der Waals surface area contributed by atoms with Gasteiger partial charge in [-0.05, 0) is 11.8 Å². The molecule has 0 N–H and O–H groups in total. The second-order valence-corrected chi connectivity index (χ2v) is 5.33. The predicted molar refractivity (Wildman–Crippen MR) is 72.1 cm³/mol. The summed E-state index contributed by atoms with van der Waals surface area (Å²) in [4.78, 5) is 2.22. The lowest BCUT2D eigenvalue weighted by Gasteiger charge is -2.28. The molecule has 0 amide bonds. The van der Waals surface area contributed by atoms with Gasteiger partial charge in [0.2, 0.25) is 0 Å². The fraction of sp³-hybridized carbons (Fsp3) is 0.909. The van der Waals surface area contributed by atoms with Crippen LogP contribution in [-0.2, 0) is 0 Å². The van der Waals surface area contributed by atoms with Crippen LogP contribution in [0.4, 0.5) is 0 Å². The molecule has 0 aromatic rings. The van der Waals surface area contributed by atoms with Crippen molar-refractivity contribution in [3.63, 3.8) is 0 Å². The van der Waals surface area contributed by atoms with E-state index in [9.17, 15) is 0 Å². The Hall–Kier alpha value is 0.240. The van der Waals surface area contributed by atoms with E-state index in [2.05, 4.69) is 45.2 Å². The summed E-state index contributed by atoms with van der Waals surface area (Å²) in [7, 11) is 0. The van der Waals surface area contributed by atoms with Gasteiger partial charge in [0, 0.05) is 13.1 Å². The molecule has 3 heteroatoms. The third kappa shape index (κ3) is 5.86. The van der Waals surface area contributed by atoms with Crippen molar-refractivity contribution in [2.24, 2.45) is 11.8 Å². The molecule has 1 nitrogen and oxygen atoms in total. The Bertz CT molecular complexity index is 159. The summed E-state index contributed by atoms with van der Waals surface area (Å²) in [6.45, 7) is 11.0. The third-order valence-electron chi connectivity index (χ3n) is 2.73. The predicted octanol–water partition coefficient (Wildman–Crippen LogP) is 3.60. The number of hydrogen-bond donors (Lipinski definition) is 1. The van der Waals surface area contributed by atoms with E-state index in [0.29, 0.717) is 11.8 Å². The lowest BCUT2D eigenvalue weighted by atomic mass is 10.1. The number of rotatable bonds is 6. The van der Waals surface area contributed by atoms with E-state index in [1.807, 2.05) is 0 Å². The fourth-order valence-corrected chi connectivity index (χ4v) is 1.55. The molecule has 14 heavy (non-hydrogen) atoms. The van der Waals surface area contributed by atoms with Gasteiger partial charge in [-0.25, -0.2) is 0 Å². The van der Waals surface area contributed by atoms with Crippen LogP contribution >= 0.6 is 24.8 Å². The van der Waals surface area contributed by atoms with E-state index in [1.54, 1.807) is 0 Å². The van der Waals surface area contributed by atoms with Gasteiger partial charge in [0.15, 0.2) is 0 Å². The standard InChI is InChI=1S/C11H23NS2/c1-5-9(3)7-12(11(13)14)8-10(4)6-2/h9-10H,5-8H2,1-4H3,(H,13,14). The third-order valence-corrected chi connectivity index (χ3v) is 3.27. The quantitative estimate of drug-likeness (QED) is 0.551. The molecular formula is C11H23NS2. The summed E-state index contributed by atoms with van der Waals surface area (Å²) in [5.41, 5.74) is 0. The molecule has 0 bridgehead atoms. The van der Waals surface area contributed by atoms with Gasteiger partial charge in [-0.2, -0.15) is 0 Å². The molecule has 0 aromatic heterocycles. The minimum absolute atomic E-state index is 0.698. The van der Waals surface area contributed by atoms with Gasteiger partial charge in [-0.3, -0.25) is 0 Å². The zero-order valence-electron chi connectivity index (χ0n) is 9.79. The van der Waals surface area contributed by atoms with Crippen molar-refractivity contribution in [3.05, 3.63) is 0 Å². The minimum atomic E-state index is 0.698. The maximum absolute atomic E-state index is 5.14. The monoisotopic (exact) mass is 233 g/mol. The van der Waals surface area contributed by atoms with Crippen molar-refractivity contribution in [1.82, 2.24) is 4.90 Å². The van der Waals surface area contributed by atoms with Crippen molar-refractivity contribution < 1.29 is 0 Å². The van der Waals surface area contributed by atoms with Gasteiger partial charge < -0.3 is 4.90 Å². The molecule has 0 heterocycles. The highest BCUT2D eigenvalue weighted by molar-refractivity contribution is 8.10. The average Bonchev–Trinajstić information content (AvgIpc) is 2.16. The average molecular weight is 233 g/mol. The number of hydrogen-bond acceptors (Lipinski definition) is 1. The van der Waals surface area contributed by atoms with E-state index < -0.39 is 0 Å². The summed E-state index contributed by atoms with van der Waals surface area (Å²) in [5.74, 6) is 1.40. The maximum atomic E-state index is 5.14. The molecule has 0 aliphatic carbocycles. The SMILES string of the molecule is CCC(C)CN(CC(C)CC)C(=S)S. The normalized spacial score (nSPS) is 14.9. The number of thiol groups is 1. The molecule has 84 valence electrons. The lowest BCUT2D eigenvalue weighted by molar-refractivity contribution is 0.310. The zero-order valence-corrected chi connectivity index (χ0v) is 11.5. The Morgan fingerprint density at radius 1 is 1.14 bits per heavy atom. The molecule has 0 fully saturated rings. The van der Waals surface area contributed by atoms with Crippen LogP contribution in [0.3, 0.4) is 0 Å². The van der Waals surface area contributed by atoms with Gasteiger partial charge in [-0.1, -0.05) is 52.8 Å². The van der Waals surface area contributed by atoms with Gasteiger partial charge >= 0.3 is 0 Å². The Morgan fingerprint density at radius 2 is 1.50 bits per heavy atom. The molecule has 2 unspecified atom stereocenters. The summed E-state index contributed by atoms with van der Waals surface area (Å²) in [5, 5.41) is 0. The van der Waals surface area contributed by atoms with Crippen LogP contribution in [0.5, 0.6) is 0 Å². The summed E-state index contributed by atoms with van der Waals surface area (Å²) in [6, 6.07) is 0. The molecule has 2 atom stereocenters. The highest BCUT2D eigenvalue weighted by Gasteiger charge is 2.12. The smallest absolute Gasteiger partial charge is 0.133 e. The van der Waals surface area contributed by atoms with Gasteiger partial charge in [0.05, 0.1) is 0 Å². The molecule has 0 aliphatic rings. The Kier molecular flexibility index (Phi) is 7.65. The molecule has 0 aliphatic heterocycles. The van der Waals surface area contributed by atoms with Gasteiger partial charge in [-0.15, -0.1) is 12.6 Å². The second-order valence-electron chi connectivity index (χ2n) is 4.21. The molecular weight excluding hydrogens is 210 g/mol. The fourth-order valence-electron chi connectivity index (χ4n) is 1.24. The summed E-state index contributed by atoms with van der Waals surface area (Å²) in [6.07, 6.45) is 2.40. The van der Waals surface area contributed by atoms with Crippen LogP contribution in [0.2, 0.25) is 0 Å². The van der Waals surface area contributed by atoms with Gasteiger partial charge in [0.1, 0.15) is 4.32 Å². The topological polar surface area (TPSA) is 3.24 Å². The first kappa shape index (κ1) is 14.2. The van der Waals surface area contributed by atoms with Crippen molar-refractivity contribution in [3.8, 4) is 0 Å². The van der Waals surface area contributed by atoms with Crippen LogP contribution < -0.4 is 0 Å². The molecule has 0 rings (SSSR count). The zero-order chi connectivity index (χ0) is 11.1. The Labute approximate surface area is 99.7 Å². The first-order valence-electron chi connectivity index (χ1n) is 5.49. The van der Waals surface area contributed by atoms with E-state index >= 15 is 0 Å². The molecule has 0 aromatic carbocycles. The Morgan fingerprint density at radius 3 is 1.71 bits per heavy atom. The largest absolute Gasteiger partial charge is 0.357 e. The number of thiocarbonyl (C=S) groups is 1. The first-order valence-corrected chi connectivity index (χ1v) is 6.34. The highest BCUT2D eigenvalue weighted by Crippen LogP contribution is 2.11. The van der Waals surface area contributed by atoms with Crippen molar-refractivity contribution in [2.75, 3.05) is 13.1 Å². The molecule has 0 saturated heterocycles. The van der Waals surface area contributed by atoms with E-state index in [0.717, 1.165) is 17.4 Å². The minimum Gasteiger partial charge on any atom is -0.357 e. The molecule has 0 saturated carbocycles. The first-order chi connectivity index (χ1) is 6.51. The maximum Gasteiger partial charge on any atom is 0.133 e. The number of nitrogens with zero attached hydrogens (tertiary/aromatic N) is 1. The van der Waals surface area contributed by atoms with Crippen LogP contribution in [-0.4, -0.2) is 22.3 Å². The van der Waals surface area contributed by atoms with Crippen molar-refractivity contribution in [1.29, 1.82) is 0 Å². The van der Waals surface area contributed by atoms with Crippen LogP contribution in [0.1, 0.15) is 40.5 Å². The van der Waals surface area contributed by atoms with Crippen molar-refractivity contribution >= 4 is 29.2 Å². The second kappa shape index (κ2) is 7.52. The molecule has 0 radical (unpaired) electrons. The summed E-state index contributed by atoms with van der Waals surface area (Å²) >= 11 is 9.42. The van der Waals surface area contributed by atoms with Gasteiger partial charge in [0.25, 0.3) is 0 Å². The van der Waals surface area contributed by atoms with Crippen LogP contribution in [0.25, 0.3) is 0 Å². The Balaban J connectivity index is 4.09. The lowest BCUT2D eigenvalue weighted by Crippen LogP contribution is -2.34. The summed E-state index contributed by atoms with van der Waals surface area (Å²) < 4.78 is 0.741. The molecule has 0 spiro atoms. The van der Waals surface area contributed by atoms with Crippen LogP contribution in [0, 0.1) is 11.8 Å². The highest BCUT2D eigenvalue weighted by atomic mass is 32.1. The van der Waals surface area contributed by atoms with Crippen LogP contribution in [0.15, 0.2) is 0 Å². The van der Waals surface area contributed by atoms with E-state index in [-0.39, 0.29) is 0 Å².